The molecule has 202 valence electrons. The average Bonchev–Trinajstić information content (AvgIpc) is 3.47. The summed E-state index contributed by atoms with van der Waals surface area (Å²) in [7, 11) is 4.99. The molecule has 10 heteroatoms. The molecule has 2 N–H and O–H groups in total. The van der Waals surface area contributed by atoms with Crippen molar-refractivity contribution >= 4 is 40.1 Å². The standard InChI is InChI=1S/C29H29N3O6S/c1-32(2)12-13-38-28(35)22-17-24(30-23-11-8-19(16-21(22)23)26-5-4-14-39-26)27(34)31-25(29(36)37-3)15-18-6-9-20(33)10-7-18/h4-11,14,16-17,25,33H,12-13,15H2,1-3H3,(H,31,34)/t25-/m0/s1. The van der Waals surface area contributed by atoms with Crippen molar-refractivity contribution in [1.29, 1.82) is 0 Å². The summed E-state index contributed by atoms with van der Waals surface area (Å²) in [5.41, 5.74) is 2.23. The molecule has 39 heavy (non-hydrogen) atoms. The number of phenols is 1. The number of hydrogen-bond acceptors (Lipinski definition) is 9. The Bertz CT molecular complexity index is 1470. The number of thiophene rings is 1. The van der Waals surface area contributed by atoms with Crippen molar-refractivity contribution in [1.82, 2.24) is 15.2 Å². The number of likely N-dealkylation sites (N-methyl/N-ethyl adjacent to an activating group) is 1. The van der Waals surface area contributed by atoms with Crippen LogP contribution in [-0.2, 0) is 20.7 Å². The number of phenolic OH excluding ortho intramolecular Hbond substituents is 1. The fourth-order valence-corrected chi connectivity index (χ4v) is 4.67. The molecule has 0 fully saturated rings. The molecule has 4 rings (SSSR count). The molecule has 0 radical (unpaired) electrons. The third-order valence-electron chi connectivity index (χ3n) is 6.01. The Balaban J connectivity index is 1.67. The number of benzene rings is 2. The van der Waals surface area contributed by atoms with Crippen molar-refractivity contribution in [3.63, 3.8) is 0 Å². The van der Waals surface area contributed by atoms with Crippen LogP contribution in [-0.4, -0.2) is 73.2 Å². The Morgan fingerprint density at radius 1 is 1.08 bits per heavy atom. The fourth-order valence-electron chi connectivity index (χ4n) is 3.94. The number of nitrogens with zero attached hydrogens (tertiary/aromatic N) is 2. The summed E-state index contributed by atoms with van der Waals surface area (Å²) in [6, 6.07) is 16.1. The summed E-state index contributed by atoms with van der Waals surface area (Å²) in [5, 5.41) is 14.7. The second-order valence-electron chi connectivity index (χ2n) is 9.12. The van der Waals surface area contributed by atoms with Crippen LogP contribution in [0.4, 0.5) is 0 Å². The van der Waals surface area contributed by atoms with Gasteiger partial charge >= 0.3 is 11.9 Å². The number of rotatable bonds is 10. The lowest BCUT2D eigenvalue weighted by Gasteiger charge is -2.17. The number of aromatic hydroxyl groups is 1. The van der Waals surface area contributed by atoms with Gasteiger partial charge in [-0.15, -0.1) is 11.3 Å². The van der Waals surface area contributed by atoms with E-state index in [0.717, 1.165) is 10.4 Å². The van der Waals surface area contributed by atoms with E-state index in [1.165, 1.54) is 25.3 Å². The monoisotopic (exact) mass is 547 g/mol. The van der Waals surface area contributed by atoms with Crippen LogP contribution in [0.2, 0.25) is 0 Å². The largest absolute Gasteiger partial charge is 0.508 e. The van der Waals surface area contributed by atoms with E-state index >= 15 is 0 Å². The van der Waals surface area contributed by atoms with Crippen LogP contribution in [0.25, 0.3) is 21.3 Å². The lowest BCUT2D eigenvalue weighted by molar-refractivity contribution is -0.142. The first-order valence-electron chi connectivity index (χ1n) is 12.2. The molecule has 4 aromatic rings. The van der Waals surface area contributed by atoms with Crippen LogP contribution in [0, 0.1) is 0 Å². The number of carbonyl (C=O) groups is 3. The Morgan fingerprint density at radius 3 is 2.51 bits per heavy atom. The SMILES string of the molecule is COC(=O)[C@H](Cc1ccc(O)cc1)NC(=O)c1cc(C(=O)OCCN(C)C)c2cc(-c3cccs3)ccc2n1. The van der Waals surface area contributed by atoms with Gasteiger partial charge in [-0.05, 0) is 67.0 Å². The second kappa shape index (κ2) is 12.5. The van der Waals surface area contributed by atoms with Gasteiger partial charge in [0.2, 0.25) is 0 Å². The van der Waals surface area contributed by atoms with Gasteiger partial charge in [0.15, 0.2) is 0 Å². The number of hydrogen-bond donors (Lipinski definition) is 2. The van der Waals surface area contributed by atoms with Crippen molar-refractivity contribution in [3.8, 4) is 16.2 Å². The summed E-state index contributed by atoms with van der Waals surface area (Å²) in [6.07, 6.45) is 0.135. The number of nitrogens with one attached hydrogen (secondary N) is 1. The lowest BCUT2D eigenvalue weighted by atomic mass is 10.0. The molecule has 0 aliphatic heterocycles. The van der Waals surface area contributed by atoms with Gasteiger partial charge in [-0.3, -0.25) is 4.79 Å². The van der Waals surface area contributed by atoms with Crippen molar-refractivity contribution in [2.75, 3.05) is 34.4 Å². The maximum Gasteiger partial charge on any atom is 0.338 e. The molecule has 0 aliphatic carbocycles. The maximum absolute atomic E-state index is 13.3. The maximum atomic E-state index is 13.3. The van der Waals surface area contributed by atoms with Crippen molar-refractivity contribution in [2.45, 2.75) is 12.5 Å². The van der Waals surface area contributed by atoms with Gasteiger partial charge in [0.1, 0.15) is 24.1 Å². The number of amides is 1. The number of methoxy groups -OCH3 is 1. The predicted molar refractivity (Wildman–Crippen MR) is 149 cm³/mol. The zero-order valence-electron chi connectivity index (χ0n) is 21.8. The van der Waals surface area contributed by atoms with E-state index in [1.807, 2.05) is 48.6 Å². The minimum Gasteiger partial charge on any atom is -0.508 e. The quantitative estimate of drug-likeness (QED) is 0.287. The van der Waals surface area contributed by atoms with Gasteiger partial charge in [-0.25, -0.2) is 14.6 Å². The highest BCUT2D eigenvalue weighted by molar-refractivity contribution is 7.13. The number of fused-ring (bicyclic) bond motifs is 1. The first-order valence-corrected chi connectivity index (χ1v) is 13.1. The van der Waals surface area contributed by atoms with Crippen LogP contribution in [0.1, 0.15) is 26.4 Å². The zero-order chi connectivity index (χ0) is 27.9. The molecule has 0 unspecified atom stereocenters. The van der Waals surface area contributed by atoms with Gasteiger partial charge in [-0.2, -0.15) is 0 Å². The molecule has 0 saturated heterocycles. The molecular weight excluding hydrogens is 518 g/mol. The molecular formula is C29H29N3O6S. The second-order valence-corrected chi connectivity index (χ2v) is 10.1. The molecule has 2 aromatic heterocycles. The smallest absolute Gasteiger partial charge is 0.338 e. The van der Waals surface area contributed by atoms with Crippen LogP contribution < -0.4 is 5.32 Å². The molecule has 1 amide bonds. The van der Waals surface area contributed by atoms with E-state index in [1.54, 1.807) is 29.5 Å². The average molecular weight is 548 g/mol. The molecule has 0 bridgehead atoms. The first kappa shape index (κ1) is 27.7. The van der Waals surface area contributed by atoms with E-state index < -0.39 is 23.9 Å². The molecule has 0 saturated carbocycles. The first-order chi connectivity index (χ1) is 18.7. The summed E-state index contributed by atoms with van der Waals surface area (Å²) in [5.74, 6) is -1.77. The third kappa shape index (κ3) is 6.98. The Morgan fingerprint density at radius 2 is 1.85 bits per heavy atom. The summed E-state index contributed by atoms with van der Waals surface area (Å²) in [4.78, 5) is 46.4. The molecule has 2 heterocycles. The summed E-state index contributed by atoms with van der Waals surface area (Å²) < 4.78 is 10.4. The van der Waals surface area contributed by atoms with E-state index in [0.29, 0.717) is 23.0 Å². The number of carbonyl (C=O) groups excluding carboxylic acids is 3. The number of aromatic nitrogens is 1. The highest BCUT2D eigenvalue weighted by Crippen LogP contribution is 2.29. The van der Waals surface area contributed by atoms with E-state index in [9.17, 15) is 19.5 Å². The Kier molecular flexibility index (Phi) is 8.90. The summed E-state index contributed by atoms with van der Waals surface area (Å²) in [6.45, 7) is 0.722. The van der Waals surface area contributed by atoms with Crippen LogP contribution >= 0.6 is 11.3 Å². The Labute approximate surface area is 230 Å². The van der Waals surface area contributed by atoms with Crippen LogP contribution in [0.15, 0.2) is 66.0 Å². The molecule has 0 aliphatic rings. The Hall–Kier alpha value is -4.28. The highest BCUT2D eigenvalue weighted by atomic mass is 32.1. The van der Waals surface area contributed by atoms with Crippen molar-refractivity contribution < 1.29 is 29.0 Å². The zero-order valence-corrected chi connectivity index (χ0v) is 22.7. The molecule has 1 atom stereocenters. The van der Waals surface area contributed by atoms with E-state index in [-0.39, 0.29) is 30.0 Å². The van der Waals surface area contributed by atoms with Gasteiger partial charge < -0.3 is 24.8 Å². The van der Waals surface area contributed by atoms with Gasteiger partial charge in [0.05, 0.1) is 18.2 Å². The van der Waals surface area contributed by atoms with Gasteiger partial charge in [0, 0.05) is 23.2 Å². The van der Waals surface area contributed by atoms with Crippen LogP contribution in [0.5, 0.6) is 5.75 Å². The van der Waals surface area contributed by atoms with Crippen LogP contribution in [0.3, 0.4) is 0 Å². The predicted octanol–water partition coefficient (Wildman–Crippen LogP) is 3.90. The number of ether oxygens (including phenoxy) is 2. The molecule has 0 spiro atoms. The minimum absolute atomic E-state index is 0.0365. The van der Waals surface area contributed by atoms with Gasteiger partial charge in [-0.1, -0.05) is 24.3 Å². The van der Waals surface area contributed by atoms with E-state index in [4.69, 9.17) is 9.47 Å². The van der Waals surface area contributed by atoms with Crippen molar-refractivity contribution in [3.05, 3.63) is 82.9 Å². The molecule has 2 aromatic carbocycles. The fraction of sp³-hybridized carbons (Fsp3) is 0.241. The topological polar surface area (TPSA) is 118 Å². The van der Waals surface area contributed by atoms with Crippen molar-refractivity contribution in [2.24, 2.45) is 0 Å². The normalized spacial score (nSPS) is 11.8. The molecule has 9 nitrogen and oxygen atoms in total. The lowest BCUT2D eigenvalue weighted by Crippen LogP contribution is -2.43. The number of pyridine rings is 1. The van der Waals surface area contributed by atoms with Gasteiger partial charge in [0.25, 0.3) is 5.91 Å². The van der Waals surface area contributed by atoms with E-state index in [2.05, 4.69) is 10.3 Å². The number of esters is 2. The highest BCUT2D eigenvalue weighted by Gasteiger charge is 2.25. The summed E-state index contributed by atoms with van der Waals surface area (Å²) >= 11 is 1.57. The third-order valence-corrected chi connectivity index (χ3v) is 6.92. The minimum atomic E-state index is -1.01.